The van der Waals surface area contributed by atoms with E-state index in [0.29, 0.717) is 25.7 Å². The Kier molecular flexibility index (Phi) is 64.8. The SMILES string of the molecule is CC/C=C\C/C=C\C/C=C\C/C=C\C/C=C\C/C=C\CCCCC(=O)OC(COC(=O)CCCC/C=C\C/C=C\C/C=C\C/C=C\CC)COC(=O)CCCCCCCCCCCCCCCCCCCCCCCCCCCCC. The molecule has 0 aromatic rings. The van der Waals surface area contributed by atoms with E-state index in [1.165, 1.54) is 154 Å². The van der Waals surface area contributed by atoms with Crippen molar-refractivity contribution in [2.24, 2.45) is 0 Å². The van der Waals surface area contributed by atoms with Crippen LogP contribution in [0.15, 0.2) is 122 Å². The molecule has 0 aromatic carbocycles. The van der Waals surface area contributed by atoms with Gasteiger partial charge in [0, 0.05) is 19.3 Å². The summed E-state index contributed by atoms with van der Waals surface area (Å²) in [5, 5.41) is 0. The average molecular weight is 1120 g/mol. The van der Waals surface area contributed by atoms with E-state index in [0.717, 1.165) is 109 Å². The lowest BCUT2D eigenvalue weighted by Gasteiger charge is -2.18. The van der Waals surface area contributed by atoms with Crippen LogP contribution < -0.4 is 0 Å². The standard InChI is InChI=1S/C75H126O6/c1-4-7-10-13-16-19-22-25-28-30-32-34-35-36-37-38-39-41-42-44-47-50-53-56-59-62-65-68-74(77)80-71-72(70-79-73(76)67-64-61-58-55-52-49-46-27-24-21-18-15-12-9-6-3)81-75(78)69-66-63-60-57-54-51-48-45-43-40-33-31-29-26-23-20-17-14-11-8-5-2/h8-9,11-12,17-18,20-21,26-27,29,33,40,45-46,48,52,54-55,57,72H,4-7,10,13-16,19,22-25,28,30-32,34-39,41-44,47,49-51,53,56,58-71H2,1-3H3/b11-8-,12-9-,20-17-,21-18-,29-26-,40-33-,46-27-,48-45-,55-52-,57-54-. The third-order valence-corrected chi connectivity index (χ3v) is 14.5. The number of carbonyl (C=O) groups excluding carboxylic acids is 3. The molecule has 0 aliphatic heterocycles. The summed E-state index contributed by atoms with van der Waals surface area (Å²) in [5.41, 5.74) is 0. The summed E-state index contributed by atoms with van der Waals surface area (Å²) in [6.45, 7) is 6.37. The van der Waals surface area contributed by atoms with E-state index in [2.05, 4.69) is 142 Å². The van der Waals surface area contributed by atoms with Crippen LogP contribution in [0.3, 0.4) is 0 Å². The highest BCUT2D eigenvalue weighted by Gasteiger charge is 2.19. The van der Waals surface area contributed by atoms with Crippen molar-refractivity contribution in [2.45, 2.75) is 322 Å². The molecule has 1 atom stereocenters. The molecule has 0 rings (SSSR count). The molecule has 0 bridgehead atoms. The van der Waals surface area contributed by atoms with Gasteiger partial charge in [0.05, 0.1) is 0 Å². The van der Waals surface area contributed by atoms with Crippen LogP contribution in [0.25, 0.3) is 0 Å². The maximum Gasteiger partial charge on any atom is 0.306 e. The van der Waals surface area contributed by atoms with Gasteiger partial charge in [-0.25, -0.2) is 0 Å². The number of hydrogen-bond acceptors (Lipinski definition) is 6. The van der Waals surface area contributed by atoms with Gasteiger partial charge in [-0.3, -0.25) is 14.4 Å². The third kappa shape index (κ3) is 66.5. The van der Waals surface area contributed by atoms with E-state index in [1.807, 2.05) is 0 Å². The number of unbranched alkanes of at least 4 members (excludes halogenated alkanes) is 30. The van der Waals surface area contributed by atoms with Crippen LogP contribution in [0.2, 0.25) is 0 Å². The minimum Gasteiger partial charge on any atom is -0.462 e. The molecule has 81 heavy (non-hydrogen) atoms. The molecule has 1 unspecified atom stereocenters. The van der Waals surface area contributed by atoms with Gasteiger partial charge in [-0.15, -0.1) is 0 Å². The van der Waals surface area contributed by atoms with E-state index < -0.39 is 6.10 Å². The fraction of sp³-hybridized carbons (Fsp3) is 0.693. The number of rotatable bonds is 61. The highest BCUT2D eigenvalue weighted by atomic mass is 16.6. The van der Waals surface area contributed by atoms with Crippen LogP contribution >= 0.6 is 0 Å². The normalized spacial score (nSPS) is 12.9. The van der Waals surface area contributed by atoms with Gasteiger partial charge < -0.3 is 14.2 Å². The van der Waals surface area contributed by atoms with Crippen LogP contribution in [0.1, 0.15) is 316 Å². The van der Waals surface area contributed by atoms with E-state index in [1.54, 1.807) is 0 Å². The molecule has 0 spiro atoms. The zero-order valence-corrected chi connectivity index (χ0v) is 53.0. The zero-order chi connectivity index (χ0) is 58.5. The lowest BCUT2D eigenvalue weighted by Crippen LogP contribution is -2.30. The predicted octanol–water partition coefficient (Wildman–Crippen LogP) is 23.6. The molecule has 0 radical (unpaired) electrons. The quantitative estimate of drug-likeness (QED) is 0.0261. The van der Waals surface area contributed by atoms with Gasteiger partial charge in [0.15, 0.2) is 6.10 Å². The lowest BCUT2D eigenvalue weighted by molar-refractivity contribution is -0.167. The Balaban J connectivity index is 4.39. The predicted molar refractivity (Wildman–Crippen MR) is 353 cm³/mol. The highest BCUT2D eigenvalue weighted by Crippen LogP contribution is 2.17. The second-order valence-corrected chi connectivity index (χ2v) is 22.3. The number of carbonyl (C=O) groups is 3. The maximum absolute atomic E-state index is 12.9. The van der Waals surface area contributed by atoms with Crippen LogP contribution in [-0.4, -0.2) is 37.2 Å². The Labute approximate surface area is 501 Å². The summed E-state index contributed by atoms with van der Waals surface area (Å²) in [6.07, 6.45) is 95.2. The van der Waals surface area contributed by atoms with Crippen molar-refractivity contribution in [1.29, 1.82) is 0 Å². The summed E-state index contributed by atoms with van der Waals surface area (Å²) < 4.78 is 16.9. The van der Waals surface area contributed by atoms with Crippen LogP contribution in [0.5, 0.6) is 0 Å². The zero-order valence-electron chi connectivity index (χ0n) is 53.0. The molecular formula is C75H126O6. The summed E-state index contributed by atoms with van der Waals surface area (Å²) in [4.78, 5) is 38.4. The Morgan fingerprint density at radius 1 is 0.259 bits per heavy atom. The smallest absolute Gasteiger partial charge is 0.306 e. The van der Waals surface area contributed by atoms with Gasteiger partial charge in [0.1, 0.15) is 13.2 Å². The monoisotopic (exact) mass is 1120 g/mol. The molecule has 0 N–H and O–H groups in total. The molecule has 0 aliphatic rings. The van der Waals surface area contributed by atoms with Crippen LogP contribution in [0, 0.1) is 0 Å². The van der Waals surface area contributed by atoms with E-state index in [-0.39, 0.29) is 37.5 Å². The Hall–Kier alpha value is -4.19. The molecule has 0 fully saturated rings. The van der Waals surface area contributed by atoms with Gasteiger partial charge in [-0.2, -0.15) is 0 Å². The van der Waals surface area contributed by atoms with Gasteiger partial charge in [-0.1, -0.05) is 309 Å². The second kappa shape index (κ2) is 68.3. The minimum atomic E-state index is -0.822. The van der Waals surface area contributed by atoms with E-state index in [9.17, 15) is 14.4 Å². The maximum atomic E-state index is 12.9. The van der Waals surface area contributed by atoms with Crippen molar-refractivity contribution in [2.75, 3.05) is 13.2 Å². The number of allylic oxidation sites excluding steroid dienone is 20. The average Bonchev–Trinajstić information content (AvgIpc) is 3.47. The van der Waals surface area contributed by atoms with Crippen molar-refractivity contribution in [3.05, 3.63) is 122 Å². The summed E-state index contributed by atoms with van der Waals surface area (Å²) in [6, 6.07) is 0. The van der Waals surface area contributed by atoms with Crippen LogP contribution in [0.4, 0.5) is 0 Å². The third-order valence-electron chi connectivity index (χ3n) is 14.5. The molecule has 0 amide bonds. The van der Waals surface area contributed by atoms with Gasteiger partial charge in [0.2, 0.25) is 0 Å². The molecule has 6 nitrogen and oxygen atoms in total. The summed E-state index contributed by atoms with van der Waals surface area (Å²) in [7, 11) is 0. The van der Waals surface area contributed by atoms with E-state index in [4.69, 9.17) is 14.2 Å². The summed E-state index contributed by atoms with van der Waals surface area (Å²) in [5.74, 6) is -0.989. The van der Waals surface area contributed by atoms with Crippen molar-refractivity contribution in [3.63, 3.8) is 0 Å². The largest absolute Gasteiger partial charge is 0.462 e. The first kappa shape index (κ1) is 76.8. The lowest BCUT2D eigenvalue weighted by atomic mass is 10.0. The fourth-order valence-electron chi connectivity index (χ4n) is 9.44. The molecule has 0 aliphatic carbocycles. The first-order valence-electron chi connectivity index (χ1n) is 34.0. The van der Waals surface area contributed by atoms with Gasteiger partial charge >= 0.3 is 17.9 Å². The Morgan fingerprint density at radius 3 is 0.753 bits per heavy atom. The van der Waals surface area contributed by atoms with Crippen molar-refractivity contribution < 1.29 is 28.6 Å². The summed E-state index contributed by atoms with van der Waals surface area (Å²) >= 11 is 0. The molecule has 0 saturated heterocycles. The Morgan fingerprint density at radius 2 is 0.481 bits per heavy atom. The van der Waals surface area contributed by atoms with Crippen molar-refractivity contribution >= 4 is 17.9 Å². The topological polar surface area (TPSA) is 78.9 Å². The Bertz CT molecular complexity index is 1670. The number of esters is 3. The van der Waals surface area contributed by atoms with Crippen molar-refractivity contribution in [1.82, 2.24) is 0 Å². The molecule has 6 heteroatoms. The van der Waals surface area contributed by atoms with E-state index >= 15 is 0 Å². The minimum absolute atomic E-state index is 0.109. The highest BCUT2D eigenvalue weighted by molar-refractivity contribution is 5.71. The number of hydrogen-bond donors (Lipinski definition) is 0. The second-order valence-electron chi connectivity index (χ2n) is 22.3. The molecular weight excluding hydrogens is 997 g/mol. The molecule has 0 saturated carbocycles. The van der Waals surface area contributed by atoms with Crippen LogP contribution in [-0.2, 0) is 28.6 Å². The first-order chi connectivity index (χ1) is 40.0. The molecule has 462 valence electrons. The molecule has 0 aromatic heterocycles. The molecule has 0 heterocycles. The number of ether oxygens (including phenoxy) is 3. The van der Waals surface area contributed by atoms with Gasteiger partial charge in [0.25, 0.3) is 0 Å². The first-order valence-corrected chi connectivity index (χ1v) is 34.0. The van der Waals surface area contributed by atoms with Gasteiger partial charge in [-0.05, 0) is 109 Å². The van der Waals surface area contributed by atoms with Crippen molar-refractivity contribution in [3.8, 4) is 0 Å². The fourth-order valence-corrected chi connectivity index (χ4v) is 9.44.